The summed E-state index contributed by atoms with van der Waals surface area (Å²) in [7, 11) is -3.41. The Hall–Kier alpha value is -3.52. The largest absolute Gasteiger partial charge is 0.509 e. The van der Waals surface area contributed by atoms with Gasteiger partial charge in [-0.3, -0.25) is 23.7 Å². The van der Waals surface area contributed by atoms with Crippen LogP contribution in [0.5, 0.6) is 5.75 Å². The standard InChI is InChI=1S/C27H35FN3O11P/c1-16(22(33)38-17-11-12-17)31(42-18-9-7-6-8-10-18)43(36)37-15-19-21(40-25(35)41-26(2,3)4)27(5,28)23(39-19)30-14-13-20(32)29-24(30)34/h6-10,13-14,16-17,19,21,23,43H,11-12,15H2,1-5H3,(H,29,32,34)/t16?,19-,21-,23-,27-/m1/s1. The van der Waals surface area contributed by atoms with Crippen LogP contribution < -0.4 is 16.1 Å². The number of hydrogen-bond acceptors (Lipinski definition) is 11. The molecule has 1 saturated carbocycles. The van der Waals surface area contributed by atoms with Crippen molar-refractivity contribution in [1.82, 2.24) is 14.4 Å². The number of alkyl halides is 1. The SMILES string of the molecule is CC(C(=O)OC1CC1)N(Oc1ccccc1)[PH](=O)OC[C@H]1O[C@@H](n2ccc(=O)[nH]c2=O)[C@](C)(F)[C@@H]1OC(=O)OC(C)(C)C. The summed E-state index contributed by atoms with van der Waals surface area (Å²) in [5.74, 6) is -0.426. The minimum absolute atomic E-state index is 0.218. The number of H-pyrrole nitrogens is 1. The van der Waals surface area contributed by atoms with Crippen LogP contribution in [0.2, 0.25) is 0 Å². The van der Waals surface area contributed by atoms with Gasteiger partial charge in [0.1, 0.15) is 29.6 Å². The predicted molar refractivity (Wildman–Crippen MR) is 148 cm³/mol. The number of benzene rings is 1. The Kier molecular flexibility index (Phi) is 9.79. The van der Waals surface area contributed by atoms with Crippen LogP contribution in [0.4, 0.5) is 9.18 Å². The van der Waals surface area contributed by atoms with E-state index >= 15 is 4.39 Å². The van der Waals surface area contributed by atoms with Crippen LogP contribution in [-0.2, 0) is 32.8 Å². The van der Waals surface area contributed by atoms with Crippen molar-refractivity contribution in [2.75, 3.05) is 6.61 Å². The Bertz CT molecular complexity index is 1440. The van der Waals surface area contributed by atoms with E-state index in [2.05, 4.69) is 0 Å². The van der Waals surface area contributed by atoms with E-state index < -0.39 is 73.9 Å². The number of aromatic nitrogens is 2. The molecule has 2 fully saturated rings. The van der Waals surface area contributed by atoms with Crippen LogP contribution in [0.1, 0.15) is 53.7 Å². The molecular formula is C27H35FN3O11P. The number of rotatable bonds is 11. The van der Waals surface area contributed by atoms with E-state index in [0.29, 0.717) is 0 Å². The van der Waals surface area contributed by atoms with Crippen LogP contribution in [0, 0.1) is 0 Å². The Morgan fingerprint density at radius 2 is 1.86 bits per heavy atom. The second-order valence-corrected chi connectivity index (χ2v) is 12.6. The Balaban J connectivity index is 1.56. The molecule has 2 heterocycles. The summed E-state index contributed by atoms with van der Waals surface area (Å²) in [6.07, 6.45) is -3.79. The molecule has 1 aromatic heterocycles. The quantitative estimate of drug-likeness (QED) is 0.220. The van der Waals surface area contributed by atoms with Crippen molar-refractivity contribution >= 4 is 20.3 Å². The van der Waals surface area contributed by atoms with Gasteiger partial charge in [0.25, 0.3) is 13.7 Å². The number of nitrogens with one attached hydrogen (secondary N) is 1. The molecule has 236 valence electrons. The molecule has 1 aromatic carbocycles. The first-order chi connectivity index (χ1) is 20.2. The zero-order valence-electron chi connectivity index (χ0n) is 24.3. The lowest BCUT2D eigenvalue weighted by Crippen LogP contribution is -2.46. The molecule has 0 spiro atoms. The van der Waals surface area contributed by atoms with Gasteiger partial charge >= 0.3 is 17.8 Å². The number of carbonyl (C=O) groups excluding carboxylic acids is 2. The highest BCUT2D eigenvalue weighted by atomic mass is 31.1. The molecule has 43 heavy (non-hydrogen) atoms. The average molecular weight is 628 g/mol. The highest BCUT2D eigenvalue weighted by Crippen LogP contribution is 2.44. The minimum atomic E-state index is -3.41. The fourth-order valence-corrected chi connectivity index (χ4v) is 5.19. The molecule has 2 unspecified atom stereocenters. The van der Waals surface area contributed by atoms with Crippen molar-refractivity contribution in [3.8, 4) is 5.75 Å². The summed E-state index contributed by atoms with van der Waals surface area (Å²) < 4.78 is 57.8. The topological polar surface area (TPSA) is 165 Å². The van der Waals surface area contributed by atoms with Gasteiger partial charge in [-0.1, -0.05) is 23.0 Å². The third kappa shape index (κ3) is 8.31. The number of ether oxygens (including phenoxy) is 4. The molecule has 1 aliphatic heterocycles. The summed E-state index contributed by atoms with van der Waals surface area (Å²) in [6, 6.07) is 8.06. The number of para-hydroxylation sites is 1. The highest BCUT2D eigenvalue weighted by Gasteiger charge is 2.59. The Morgan fingerprint density at radius 3 is 2.47 bits per heavy atom. The van der Waals surface area contributed by atoms with E-state index in [9.17, 15) is 23.7 Å². The molecule has 1 aliphatic carbocycles. The van der Waals surface area contributed by atoms with Gasteiger partial charge in [-0.25, -0.2) is 14.0 Å². The molecule has 6 atom stereocenters. The number of carbonyl (C=O) groups is 2. The van der Waals surface area contributed by atoms with Crippen molar-refractivity contribution in [3.05, 3.63) is 63.4 Å². The molecule has 4 rings (SSSR count). The summed E-state index contributed by atoms with van der Waals surface area (Å²) >= 11 is 0. The first-order valence-corrected chi connectivity index (χ1v) is 14.9. The summed E-state index contributed by atoms with van der Waals surface area (Å²) in [5.41, 5.74) is -5.23. The van der Waals surface area contributed by atoms with Gasteiger partial charge in [0.05, 0.1) is 6.61 Å². The smallest absolute Gasteiger partial charge is 0.461 e. The normalized spacial score (nSPS) is 25.1. The summed E-state index contributed by atoms with van der Waals surface area (Å²) in [4.78, 5) is 57.9. The monoisotopic (exact) mass is 627 g/mol. The van der Waals surface area contributed by atoms with E-state index in [1.807, 2.05) is 4.98 Å². The fraction of sp³-hybridized carbons (Fsp3) is 0.556. The average Bonchev–Trinajstić information content (AvgIpc) is 3.70. The first kappa shape index (κ1) is 32.4. The molecule has 2 aromatic rings. The van der Waals surface area contributed by atoms with Crippen LogP contribution in [-0.4, -0.2) is 68.7 Å². The molecule has 16 heteroatoms. The Morgan fingerprint density at radius 1 is 1.19 bits per heavy atom. The van der Waals surface area contributed by atoms with Gasteiger partial charge in [-0.05, 0) is 59.6 Å². The van der Waals surface area contributed by atoms with Crippen LogP contribution in [0.15, 0.2) is 52.2 Å². The number of aromatic amines is 1. The first-order valence-electron chi connectivity index (χ1n) is 13.6. The van der Waals surface area contributed by atoms with E-state index in [0.717, 1.165) is 41.4 Å². The lowest BCUT2D eigenvalue weighted by molar-refractivity contribution is -0.156. The molecule has 0 radical (unpaired) electrons. The van der Waals surface area contributed by atoms with E-state index in [-0.39, 0.29) is 11.9 Å². The van der Waals surface area contributed by atoms with Crippen LogP contribution in [0.25, 0.3) is 0 Å². The molecule has 1 saturated heterocycles. The lowest BCUT2D eigenvalue weighted by Gasteiger charge is -2.29. The van der Waals surface area contributed by atoms with Gasteiger partial charge < -0.3 is 28.3 Å². The van der Waals surface area contributed by atoms with E-state index in [1.54, 1.807) is 51.1 Å². The zero-order chi connectivity index (χ0) is 31.5. The maximum atomic E-state index is 16.4. The fourth-order valence-electron chi connectivity index (χ4n) is 4.15. The van der Waals surface area contributed by atoms with Gasteiger partial charge in [0.15, 0.2) is 18.0 Å². The second kappa shape index (κ2) is 13.0. The van der Waals surface area contributed by atoms with Crippen molar-refractivity contribution in [2.45, 2.75) is 89.3 Å². The minimum Gasteiger partial charge on any atom is -0.461 e. The number of nitrogens with zero attached hydrogens (tertiary/aromatic N) is 2. The Labute approximate surface area is 246 Å². The van der Waals surface area contributed by atoms with Crippen molar-refractivity contribution in [1.29, 1.82) is 0 Å². The summed E-state index contributed by atoms with van der Waals surface area (Å²) in [6.45, 7) is 6.59. The molecule has 2 aliphatic rings. The lowest BCUT2D eigenvalue weighted by atomic mass is 9.98. The maximum absolute atomic E-state index is 16.4. The van der Waals surface area contributed by atoms with Gasteiger partial charge in [-0.2, -0.15) is 0 Å². The second-order valence-electron chi connectivity index (χ2n) is 11.3. The molecular weight excluding hydrogens is 592 g/mol. The van der Waals surface area contributed by atoms with Gasteiger partial charge in [-0.15, -0.1) is 0 Å². The maximum Gasteiger partial charge on any atom is 0.509 e. The number of halogens is 1. The van der Waals surface area contributed by atoms with Gasteiger partial charge in [0.2, 0.25) is 0 Å². The highest BCUT2D eigenvalue weighted by molar-refractivity contribution is 7.36. The molecule has 0 amide bonds. The van der Waals surface area contributed by atoms with Crippen molar-refractivity contribution in [3.63, 3.8) is 0 Å². The molecule has 0 bridgehead atoms. The van der Waals surface area contributed by atoms with E-state index in [1.165, 1.54) is 6.92 Å². The molecule has 1 N–H and O–H groups in total. The third-order valence-electron chi connectivity index (χ3n) is 6.40. The van der Waals surface area contributed by atoms with Crippen molar-refractivity contribution in [2.24, 2.45) is 0 Å². The van der Waals surface area contributed by atoms with Gasteiger partial charge in [0, 0.05) is 12.3 Å². The van der Waals surface area contributed by atoms with Crippen molar-refractivity contribution < 1.29 is 46.9 Å². The predicted octanol–water partition coefficient (Wildman–Crippen LogP) is 3.28. The summed E-state index contributed by atoms with van der Waals surface area (Å²) in [5, 5.41) is 0. The zero-order valence-corrected chi connectivity index (χ0v) is 25.3. The third-order valence-corrected chi connectivity index (χ3v) is 7.65. The van der Waals surface area contributed by atoms with Crippen LogP contribution in [0.3, 0.4) is 0 Å². The number of hydrogen-bond donors (Lipinski definition) is 1. The van der Waals surface area contributed by atoms with Crippen LogP contribution >= 0.6 is 8.18 Å². The molecule has 14 nitrogen and oxygen atoms in total. The number of esters is 1. The number of hydroxylamine groups is 1. The van der Waals surface area contributed by atoms with E-state index in [4.69, 9.17) is 28.3 Å².